The number of aliphatic hydroxyl groups excluding tert-OH is 1. The van der Waals surface area contributed by atoms with E-state index in [9.17, 15) is 19.1 Å². The predicted molar refractivity (Wildman–Crippen MR) is 112 cm³/mol. The monoisotopic (exact) mass is 440 g/mol. The minimum absolute atomic E-state index is 0.0202. The van der Waals surface area contributed by atoms with E-state index in [-0.39, 0.29) is 16.9 Å². The molecule has 1 aliphatic heterocycles. The SMILES string of the molecule is O=C1C(=O)N(CCC[n+]2cc[nH]c2)C(c2ccc(Cl)cc2)C1=C(O)c1ccc(F)cc1. The van der Waals surface area contributed by atoms with Crippen LogP contribution in [-0.2, 0) is 16.1 Å². The third-order valence-corrected chi connectivity index (χ3v) is 5.51. The van der Waals surface area contributed by atoms with E-state index >= 15 is 0 Å². The lowest BCUT2D eigenvalue weighted by Gasteiger charge is -2.25. The van der Waals surface area contributed by atoms with Crippen LogP contribution in [0.2, 0.25) is 5.02 Å². The van der Waals surface area contributed by atoms with Gasteiger partial charge < -0.3 is 10.0 Å². The van der Waals surface area contributed by atoms with Gasteiger partial charge in [0.25, 0.3) is 11.7 Å². The number of imidazole rings is 1. The predicted octanol–water partition coefficient (Wildman–Crippen LogP) is 3.61. The molecular weight excluding hydrogens is 421 g/mol. The largest absolute Gasteiger partial charge is 0.507 e. The molecule has 1 aromatic heterocycles. The molecule has 1 unspecified atom stereocenters. The topological polar surface area (TPSA) is 77.3 Å². The van der Waals surface area contributed by atoms with Crippen LogP contribution < -0.4 is 4.57 Å². The van der Waals surface area contributed by atoms with Gasteiger partial charge in [-0.05, 0) is 42.0 Å². The first-order valence-corrected chi connectivity index (χ1v) is 10.1. The Morgan fingerprint density at radius 3 is 2.48 bits per heavy atom. The Kier molecular flexibility index (Phi) is 5.86. The summed E-state index contributed by atoms with van der Waals surface area (Å²) in [5.74, 6) is -2.24. The Bertz CT molecular complexity index is 1130. The van der Waals surface area contributed by atoms with Crippen molar-refractivity contribution >= 4 is 29.1 Å². The summed E-state index contributed by atoms with van der Waals surface area (Å²) >= 11 is 6.01. The van der Waals surface area contributed by atoms with E-state index in [1.807, 2.05) is 10.8 Å². The molecule has 4 rings (SSSR count). The highest BCUT2D eigenvalue weighted by Gasteiger charge is 2.45. The van der Waals surface area contributed by atoms with Gasteiger partial charge in [0.1, 0.15) is 24.0 Å². The van der Waals surface area contributed by atoms with Crippen LogP contribution in [-0.4, -0.2) is 33.2 Å². The quantitative estimate of drug-likeness (QED) is 0.266. The molecular formula is C23H20ClFN3O3+. The highest BCUT2D eigenvalue weighted by molar-refractivity contribution is 6.46. The summed E-state index contributed by atoms with van der Waals surface area (Å²) in [4.78, 5) is 30.2. The molecule has 1 aliphatic rings. The molecule has 0 bridgehead atoms. The zero-order valence-corrected chi connectivity index (χ0v) is 17.2. The van der Waals surface area contributed by atoms with Crippen molar-refractivity contribution in [3.63, 3.8) is 0 Å². The van der Waals surface area contributed by atoms with Crippen LogP contribution in [0.1, 0.15) is 23.6 Å². The molecule has 0 saturated carbocycles. The number of hydrogen-bond donors (Lipinski definition) is 2. The second-order valence-corrected chi connectivity index (χ2v) is 7.69. The fourth-order valence-electron chi connectivity index (χ4n) is 3.75. The molecule has 1 fully saturated rings. The Morgan fingerprint density at radius 2 is 1.84 bits per heavy atom. The van der Waals surface area contributed by atoms with Crippen LogP contribution in [0, 0.1) is 5.82 Å². The second-order valence-electron chi connectivity index (χ2n) is 7.25. The number of carbonyl (C=O) groups is 2. The van der Waals surface area contributed by atoms with E-state index in [2.05, 4.69) is 4.98 Å². The lowest BCUT2D eigenvalue weighted by atomic mass is 9.95. The van der Waals surface area contributed by atoms with Crippen LogP contribution in [0.4, 0.5) is 4.39 Å². The zero-order chi connectivity index (χ0) is 22.0. The molecule has 2 heterocycles. The van der Waals surface area contributed by atoms with Crippen molar-refractivity contribution in [3.8, 4) is 0 Å². The summed E-state index contributed by atoms with van der Waals surface area (Å²) in [6.07, 6.45) is 6.08. The number of amides is 1. The smallest absolute Gasteiger partial charge is 0.295 e. The molecule has 0 radical (unpaired) electrons. The van der Waals surface area contributed by atoms with Crippen LogP contribution in [0.3, 0.4) is 0 Å². The minimum atomic E-state index is -0.768. The molecule has 3 aromatic rings. The molecule has 8 heteroatoms. The summed E-state index contributed by atoms with van der Waals surface area (Å²) in [6, 6.07) is 11.2. The summed E-state index contributed by atoms with van der Waals surface area (Å²) in [6.45, 7) is 0.966. The number of aromatic nitrogens is 2. The molecule has 31 heavy (non-hydrogen) atoms. The average Bonchev–Trinajstić information content (AvgIpc) is 3.37. The third kappa shape index (κ3) is 4.22. The lowest BCUT2D eigenvalue weighted by molar-refractivity contribution is -0.695. The number of hydrogen-bond acceptors (Lipinski definition) is 3. The molecule has 1 amide bonds. The number of aryl methyl sites for hydroxylation is 1. The van der Waals surface area contributed by atoms with Gasteiger partial charge >= 0.3 is 0 Å². The van der Waals surface area contributed by atoms with Gasteiger partial charge in [0.15, 0.2) is 0 Å². The maximum absolute atomic E-state index is 13.3. The number of H-pyrrole nitrogens is 1. The van der Waals surface area contributed by atoms with Gasteiger partial charge in [0.05, 0.1) is 18.2 Å². The number of Topliss-reactive ketones (excluding diaryl/α,β-unsaturated/α-hetero) is 1. The van der Waals surface area contributed by atoms with Gasteiger partial charge in [-0.3, -0.25) is 14.6 Å². The standard InChI is InChI=1S/C23H19ClFN3O3/c24-17-6-2-15(3-7-17)20-19(21(29)16-4-8-18(25)9-5-16)22(30)23(31)28(20)12-1-11-27-13-10-26-14-27/h2-10,13-14,20H,1,11-12H2,(H,29,30)/p+1. The van der Waals surface area contributed by atoms with Crippen molar-refractivity contribution in [1.82, 2.24) is 9.88 Å². The van der Waals surface area contributed by atoms with Crippen molar-refractivity contribution in [2.24, 2.45) is 0 Å². The van der Waals surface area contributed by atoms with E-state index in [4.69, 9.17) is 11.6 Å². The number of rotatable bonds is 6. The van der Waals surface area contributed by atoms with E-state index in [1.54, 1.807) is 36.8 Å². The number of benzene rings is 2. The molecule has 2 N–H and O–H groups in total. The summed E-state index contributed by atoms with van der Waals surface area (Å²) in [5, 5.41) is 11.4. The van der Waals surface area contributed by atoms with Crippen molar-refractivity contribution in [2.45, 2.75) is 19.0 Å². The molecule has 0 spiro atoms. The number of likely N-dealkylation sites (tertiary alicyclic amines) is 1. The molecule has 158 valence electrons. The number of nitrogens with one attached hydrogen (secondary N) is 1. The summed E-state index contributed by atoms with van der Waals surface area (Å²) in [7, 11) is 0. The first-order valence-electron chi connectivity index (χ1n) is 9.77. The fourth-order valence-corrected chi connectivity index (χ4v) is 3.87. The highest BCUT2D eigenvalue weighted by atomic mass is 35.5. The van der Waals surface area contributed by atoms with Gasteiger partial charge in [-0.1, -0.05) is 23.7 Å². The number of halogens is 2. The van der Waals surface area contributed by atoms with Gasteiger partial charge in [0.2, 0.25) is 6.33 Å². The maximum atomic E-state index is 13.3. The third-order valence-electron chi connectivity index (χ3n) is 5.26. The van der Waals surface area contributed by atoms with Crippen molar-refractivity contribution in [2.75, 3.05) is 6.54 Å². The average molecular weight is 441 g/mol. The van der Waals surface area contributed by atoms with E-state index in [1.165, 1.54) is 29.2 Å². The van der Waals surface area contributed by atoms with Crippen molar-refractivity contribution in [3.05, 3.63) is 94.8 Å². The zero-order valence-electron chi connectivity index (χ0n) is 16.5. The number of carbonyl (C=O) groups excluding carboxylic acids is 2. The maximum Gasteiger partial charge on any atom is 0.295 e. The van der Waals surface area contributed by atoms with Crippen LogP contribution >= 0.6 is 11.6 Å². The van der Waals surface area contributed by atoms with Crippen molar-refractivity contribution < 1.29 is 23.7 Å². The number of ketones is 1. The van der Waals surface area contributed by atoms with Gasteiger partial charge in [-0.2, -0.15) is 0 Å². The van der Waals surface area contributed by atoms with E-state index in [0.717, 1.165) is 0 Å². The Hall–Kier alpha value is -3.45. The lowest BCUT2D eigenvalue weighted by Crippen LogP contribution is -2.36. The van der Waals surface area contributed by atoms with Gasteiger partial charge in [-0.25, -0.2) is 8.96 Å². The normalized spacial score (nSPS) is 18.0. The molecule has 2 aromatic carbocycles. The van der Waals surface area contributed by atoms with E-state index in [0.29, 0.717) is 30.1 Å². The first-order chi connectivity index (χ1) is 15.0. The van der Waals surface area contributed by atoms with Crippen molar-refractivity contribution in [1.29, 1.82) is 0 Å². The number of aromatic amines is 1. The number of nitrogens with zero attached hydrogens (tertiary/aromatic N) is 2. The summed E-state index contributed by atoms with van der Waals surface area (Å²) < 4.78 is 15.3. The van der Waals surface area contributed by atoms with Gasteiger partial charge in [0, 0.05) is 23.6 Å². The molecule has 6 nitrogen and oxygen atoms in total. The van der Waals surface area contributed by atoms with Gasteiger partial charge in [-0.15, -0.1) is 0 Å². The summed E-state index contributed by atoms with van der Waals surface area (Å²) in [5.41, 5.74) is 0.899. The highest BCUT2D eigenvalue weighted by Crippen LogP contribution is 2.39. The fraction of sp³-hybridized carbons (Fsp3) is 0.174. The van der Waals surface area contributed by atoms with E-state index < -0.39 is 23.5 Å². The first kappa shape index (κ1) is 20.8. The molecule has 0 aliphatic carbocycles. The Labute approximate surface area is 183 Å². The second kappa shape index (κ2) is 8.73. The molecule has 1 atom stereocenters. The van der Waals surface area contributed by atoms with Crippen LogP contribution in [0.5, 0.6) is 0 Å². The minimum Gasteiger partial charge on any atom is -0.507 e. The molecule has 1 saturated heterocycles. The number of aliphatic hydroxyl groups is 1. The van der Waals surface area contributed by atoms with Crippen LogP contribution in [0.25, 0.3) is 5.76 Å². The Morgan fingerprint density at radius 1 is 1.13 bits per heavy atom. The van der Waals surface area contributed by atoms with Crippen LogP contribution in [0.15, 0.2) is 72.8 Å². The Balaban J connectivity index is 1.72.